The highest BCUT2D eigenvalue weighted by Crippen LogP contribution is 2.36. The van der Waals surface area contributed by atoms with Gasteiger partial charge in [0, 0.05) is 31.9 Å². The summed E-state index contributed by atoms with van der Waals surface area (Å²) < 4.78 is 10.7. The van der Waals surface area contributed by atoms with Gasteiger partial charge < -0.3 is 19.9 Å². The summed E-state index contributed by atoms with van der Waals surface area (Å²) in [7, 11) is 1.66. The van der Waals surface area contributed by atoms with Gasteiger partial charge in [-0.1, -0.05) is 26.0 Å². The Balaban J connectivity index is 1.96. The Morgan fingerprint density at radius 1 is 1.22 bits per heavy atom. The number of carboxylic acids is 1. The Labute approximate surface area is 190 Å². The molecule has 1 fully saturated rings. The molecule has 2 unspecified atom stereocenters. The van der Waals surface area contributed by atoms with Crippen LogP contribution in [0, 0.1) is 0 Å². The van der Waals surface area contributed by atoms with E-state index in [1.165, 1.54) is 5.56 Å². The summed E-state index contributed by atoms with van der Waals surface area (Å²) in [5, 5.41) is 12.9. The number of anilines is 2. The zero-order valence-electron chi connectivity index (χ0n) is 19.3. The van der Waals surface area contributed by atoms with Crippen LogP contribution in [0.3, 0.4) is 0 Å². The molecule has 0 radical (unpaired) electrons. The Bertz CT molecular complexity index is 866. The summed E-state index contributed by atoms with van der Waals surface area (Å²) in [5.74, 6) is -0.791. The number of hydrogen-bond acceptors (Lipinski definition) is 6. The minimum absolute atomic E-state index is 0.0206. The summed E-state index contributed by atoms with van der Waals surface area (Å²) in [6.07, 6.45) is 3.70. The smallest absolute Gasteiger partial charge is 0.303 e. The molecule has 1 aliphatic heterocycles. The van der Waals surface area contributed by atoms with Crippen LogP contribution in [0.15, 0.2) is 36.5 Å². The van der Waals surface area contributed by atoms with Gasteiger partial charge in [0.15, 0.2) is 0 Å². The van der Waals surface area contributed by atoms with Crippen molar-refractivity contribution in [1.29, 1.82) is 0 Å². The standard InChI is InChI=1S/C25H35N3O4/c1-4-18(15-25(29)30)19-6-9-22(24(5-2)28-10-12-32-13-11-28)23(14-19)27-20-7-8-21(17-31-3)26-16-20/h6-9,14,16,18,24,27H,4-5,10-13,15,17H2,1-3H3,(H,29,30). The van der Waals surface area contributed by atoms with E-state index in [0.29, 0.717) is 6.61 Å². The molecule has 32 heavy (non-hydrogen) atoms. The van der Waals surface area contributed by atoms with Crippen molar-refractivity contribution >= 4 is 17.3 Å². The van der Waals surface area contributed by atoms with Crippen LogP contribution >= 0.6 is 0 Å². The predicted molar refractivity (Wildman–Crippen MR) is 125 cm³/mol. The van der Waals surface area contributed by atoms with E-state index in [0.717, 1.165) is 61.8 Å². The first-order valence-electron chi connectivity index (χ1n) is 11.4. The number of rotatable bonds is 11. The molecule has 1 aromatic heterocycles. The zero-order valence-corrected chi connectivity index (χ0v) is 19.3. The largest absolute Gasteiger partial charge is 0.481 e. The van der Waals surface area contributed by atoms with E-state index in [9.17, 15) is 9.90 Å². The molecule has 2 N–H and O–H groups in total. The lowest BCUT2D eigenvalue weighted by Crippen LogP contribution is -2.39. The van der Waals surface area contributed by atoms with Crippen LogP contribution in [0.1, 0.15) is 61.9 Å². The van der Waals surface area contributed by atoms with Gasteiger partial charge in [0.2, 0.25) is 0 Å². The Hall–Kier alpha value is -2.48. The average Bonchev–Trinajstić information content (AvgIpc) is 2.81. The van der Waals surface area contributed by atoms with Gasteiger partial charge in [-0.15, -0.1) is 0 Å². The van der Waals surface area contributed by atoms with Gasteiger partial charge in [0.25, 0.3) is 0 Å². The zero-order chi connectivity index (χ0) is 22.9. The fourth-order valence-electron chi connectivity index (χ4n) is 4.39. The van der Waals surface area contributed by atoms with Gasteiger partial charge in [0.05, 0.1) is 43.8 Å². The highest BCUT2D eigenvalue weighted by molar-refractivity contribution is 5.69. The lowest BCUT2D eigenvalue weighted by Gasteiger charge is -2.35. The highest BCUT2D eigenvalue weighted by atomic mass is 16.5. The number of hydrogen-bond donors (Lipinski definition) is 2. The van der Waals surface area contributed by atoms with E-state index in [1.807, 2.05) is 25.3 Å². The van der Waals surface area contributed by atoms with E-state index in [-0.39, 0.29) is 18.4 Å². The number of carboxylic acid groups (broad SMARTS) is 1. The van der Waals surface area contributed by atoms with Crippen LogP contribution in [0.25, 0.3) is 0 Å². The number of morpholine rings is 1. The quantitative estimate of drug-likeness (QED) is 0.522. The number of nitrogens with one attached hydrogen (secondary N) is 1. The van der Waals surface area contributed by atoms with E-state index in [2.05, 4.69) is 40.3 Å². The maximum atomic E-state index is 11.4. The summed E-state index contributed by atoms with van der Waals surface area (Å²) in [6, 6.07) is 10.6. The Morgan fingerprint density at radius 2 is 2.00 bits per heavy atom. The van der Waals surface area contributed by atoms with Crippen molar-refractivity contribution in [2.45, 2.75) is 51.7 Å². The third-order valence-electron chi connectivity index (χ3n) is 6.09. The number of ether oxygens (including phenoxy) is 2. The summed E-state index contributed by atoms with van der Waals surface area (Å²) in [6.45, 7) is 8.03. The van der Waals surface area contributed by atoms with Crippen molar-refractivity contribution in [2.75, 3.05) is 38.7 Å². The van der Waals surface area contributed by atoms with Crippen molar-refractivity contribution < 1.29 is 19.4 Å². The molecule has 1 aromatic carbocycles. The van der Waals surface area contributed by atoms with Crippen molar-refractivity contribution in [2.24, 2.45) is 0 Å². The molecule has 174 valence electrons. The molecular weight excluding hydrogens is 406 g/mol. The Kier molecular flexibility index (Phi) is 9.02. The molecule has 2 heterocycles. The summed E-state index contributed by atoms with van der Waals surface area (Å²) in [4.78, 5) is 18.3. The van der Waals surface area contributed by atoms with Crippen molar-refractivity contribution in [3.8, 4) is 0 Å². The SMILES string of the molecule is CCC(CC(=O)O)c1ccc(C(CC)N2CCOCC2)c(Nc2ccc(COC)nc2)c1. The molecule has 1 aliphatic rings. The Morgan fingerprint density at radius 3 is 2.59 bits per heavy atom. The molecule has 3 rings (SSSR count). The minimum Gasteiger partial charge on any atom is -0.481 e. The van der Waals surface area contributed by atoms with Gasteiger partial charge in [0.1, 0.15) is 0 Å². The number of methoxy groups -OCH3 is 1. The minimum atomic E-state index is -0.770. The monoisotopic (exact) mass is 441 g/mol. The first-order valence-corrected chi connectivity index (χ1v) is 11.4. The van der Waals surface area contributed by atoms with Crippen LogP contribution in [0.4, 0.5) is 11.4 Å². The number of carbonyl (C=O) groups is 1. The first kappa shape index (κ1) is 24.2. The highest BCUT2D eigenvalue weighted by Gasteiger charge is 2.24. The van der Waals surface area contributed by atoms with Gasteiger partial charge in [-0.25, -0.2) is 0 Å². The molecule has 7 nitrogen and oxygen atoms in total. The second-order valence-corrected chi connectivity index (χ2v) is 8.22. The third kappa shape index (κ3) is 6.28. The summed E-state index contributed by atoms with van der Waals surface area (Å²) in [5.41, 5.74) is 5.03. The molecule has 2 aromatic rings. The molecule has 1 saturated heterocycles. The number of nitrogens with zero attached hydrogens (tertiary/aromatic N) is 2. The van der Waals surface area contributed by atoms with Crippen LogP contribution in [0.2, 0.25) is 0 Å². The van der Waals surface area contributed by atoms with Crippen LogP contribution in [-0.2, 0) is 20.9 Å². The second kappa shape index (κ2) is 11.9. The molecule has 7 heteroatoms. The van der Waals surface area contributed by atoms with E-state index in [4.69, 9.17) is 9.47 Å². The maximum Gasteiger partial charge on any atom is 0.303 e. The van der Waals surface area contributed by atoms with Crippen LogP contribution in [0.5, 0.6) is 0 Å². The van der Waals surface area contributed by atoms with Crippen LogP contribution in [-0.4, -0.2) is 54.4 Å². The second-order valence-electron chi connectivity index (χ2n) is 8.22. The number of aromatic nitrogens is 1. The lowest BCUT2D eigenvalue weighted by atomic mass is 9.90. The van der Waals surface area contributed by atoms with E-state index >= 15 is 0 Å². The first-order chi connectivity index (χ1) is 15.5. The number of pyridine rings is 1. The third-order valence-corrected chi connectivity index (χ3v) is 6.09. The molecule has 2 atom stereocenters. The normalized spacial score (nSPS) is 16.5. The predicted octanol–water partition coefficient (Wildman–Crippen LogP) is 4.72. The van der Waals surface area contributed by atoms with Gasteiger partial charge in [-0.2, -0.15) is 0 Å². The van der Waals surface area contributed by atoms with Gasteiger partial charge >= 0.3 is 5.97 Å². The topological polar surface area (TPSA) is 83.9 Å². The maximum absolute atomic E-state index is 11.4. The average molecular weight is 442 g/mol. The summed E-state index contributed by atoms with van der Waals surface area (Å²) >= 11 is 0. The molecule has 0 spiro atoms. The number of aliphatic carboxylic acids is 1. The fourth-order valence-corrected chi connectivity index (χ4v) is 4.39. The molecular formula is C25H35N3O4. The van der Waals surface area contributed by atoms with Crippen molar-refractivity contribution in [3.63, 3.8) is 0 Å². The van der Waals surface area contributed by atoms with Crippen molar-refractivity contribution in [3.05, 3.63) is 53.3 Å². The fraction of sp³-hybridized carbons (Fsp3) is 0.520. The van der Waals surface area contributed by atoms with Gasteiger partial charge in [-0.05, 0) is 48.1 Å². The van der Waals surface area contributed by atoms with E-state index in [1.54, 1.807) is 7.11 Å². The number of benzene rings is 1. The molecule has 0 bridgehead atoms. The van der Waals surface area contributed by atoms with Gasteiger partial charge in [-0.3, -0.25) is 14.7 Å². The lowest BCUT2D eigenvalue weighted by molar-refractivity contribution is -0.137. The van der Waals surface area contributed by atoms with Crippen LogP contribution < -0.4 is 5.32 Å². The molecule has 0 saturated carbocycles. The molecule has 0 amide bonds. The van der Waals surface area contributed by atoms with E-state index < -0.39 is 5.97 Å². The molecule has 0 aliphatic carbocycles. The van der Waals surface area contributed by atoms with Crippen molar-refractivity contribution in [1.82, 2.24) is 9.88 Å².